The van der Waals surface area contributed by atoms with Crippen molar-refractivity contribution in [3.8, 4) is 0 Å². The van der Waals surface area contributed by atoms with Crippen molar-refractivity contribution in [2.24, 2.45) is 11.8 Å². The van der Waals surface area contributed by atoms with Crippen LogP contribution < -0.4 is 10.5 Å². The molecule has 2 unspecified atom stereocenters. The molecular formula is C21H24N6O2S2. The van der Waals surface area contributed by atoms with Gasteiger partial charge in [0, 0.05) is 13.1 Å². The second kappa shape index (κ2) is 8.51. The second-order valence-electron chi connectivity index (χ2n) is 8.24. The molecule has 2 atom stereocenters. The van der Waals surface area contributed by atoms with Crippen molar-refractivity contribution in [3.05, 3.63) is 51.8 Å². The van der Waals surface area contributed by atoms with E-state index in [9.17, 15) is 4.79 Å². The van der Waals surface area contributed by atoms with Crippen molar-refractivity contribution in [1.29, 1.82) is 0 Å². The highest BCUT2D eigenvalue weighted by Gasteiger charge is 2.27. The van der Waals surface area contributed by atoms with Gasteiger partial charge in [0.15, 0.2) is 5.16 Å². The van der Waals surface area contributed by atoms with Crippen LogP contribution in [0.2, 0.25) is 0 Å². The smallest absolute Gasteiger partial charge is 0.268 e. The number of nitrogens with one attached hydrogen (secondary N) is 1. The summed E-state index contributed by atoms with van der Waals surface area (Å²) in [6.45, 7) is 7.07. The topological polar surface area (TPSA) is 92.8 Å². The molecule has 1 aliphatic heterocycles. The minimum atomic E-state index is -0.0929. The predicted molar refractivity (Wildman–Crippen MR) is 123 cm³/mol. The van der Waals surface area contributed by atoms with Crippen LogP contribution in [0.5, 0.6) is 0 Å². The van der Waals surface area contributed by atoms with Gasteiger partial charge in [0.05, 0.1) is 24.1 Å². The van der Waals surface area contributed by atoms with Crippen LogP contribution in [0, 0.1) is 11.8 Å². The Morgan fingerprint density at radius 3 is 2.87 bits per heavy atom. The number of H-pyrrole nitrogens is 1. The fraction of sp³-hybridized carbons (Fsp3) is 0.429. The summed E-state index contributed by atoms with van der Waals surface area (Å²) in [5, 5.41) is 11.7. The molecule has 4 aromatic rings. The molecule has 162 valence electrons. The predicted octanol–water partition coefficient (Wildman–Crippen LogP) is 3.99. The van der Waals surface area contributed by atoms with Crippen molar-refractivity contribution in [1.82, 2.24) is 24.7 Å². The maximum Gasteiger partial charge on any atom is 0.268 e. The van der Waals surface area contributed by atoms with Crippen molar-refractivity contribution < 1.29 is 4.42 Å². The third kappa shape index (κ3) is 4.27. The number of nitrogens with zero attached hydrogens (tertiary/aromatic N) is 5. The number of hydrogen-bond acceptors (Lipinski definition) is 8. The van der Waals surface area contributed by atoms with E-state index < -0.39 is 0 Å². The number of anilines is 1. The lowest BCUT2D eigenvalue weighted by atomic mass is 9.92. The average Bonchev–Trinajstić information content (AvgIpc) is 3.47. The normalized spacial score (nSPS) is 19.4. The van der Waals surface area contributed by atoms with Crippen molar-refractivity contribution >= 4 is 39.3 Å². The lowest BCUT2D eigenvalue weighted by Crippen LogP contribution is -2.40. The van der Waals surface area contributed by atoms with Gasteiger partial charge in [-0.1, -0.05) is 25.6 Å². The Kier molecular flexibility index (Phi) is 5.58. The Bertz CT molecular complexity index is 1220. The first-order valence-corrected chi connectivity index (χ1v) is 12.2. The molecule has 1 N–H and O–H groups in total. The molecule has 0 aliphatic carbocycles. The highest BCUT2D eigenvalue weighted by Crippen LogP contribution is 2.30. The quantitative estimate of drug-likeness (QED) is 0.439. The van der Waals surface area contributed by atoms with Gasteiger partial charge in [0.2, 0.25) is 5.95 Å². The Labute approximate surface area is 187 Å². The molecule has 8 nitrogen and oxygen atoms in total. The Balaban J connectivity index is 1.43. The summed E-state index contributed by atoms with van der Waals surface area (Å²) in [7, 11) is 0. The third-order valence-electron chi connectivity index (χ3n) is 5.44. The standard InChI is InChI=1S/C21H24N6O2S2/c1-13-8-14(2)10-26(9-13)20-24-25-21(27(20)11-15-4-3-6-29-15)31-12-17-22-16-5-7-30-18(16)19(28)23-17/h3-7,13-14H,8-12H2,1-2H3,(H,22,23,28). The Morgan fingerprint density at radius 1 is 1.26 bits per heavy atom. The Hall–Kier alpha value is -2.59. The van der Waals surface area contributed by atoms with Crippen LogP contribution in [0.3, 0.4) is 0 Å². The van der Waals surface area contributed by atoms with Crippen LogP contribution in [0.4, 0.5) is 5.95 Å². The molecule has 4 aromatic heterocycles. The van der Waals surface area contributed by atoms with Crippen LogP contribution in [0.15, 0.2) is 44.2 Å². The SMILES string of the molecule is CC1CC(C)CN(c2nnc(SCc3nc4ccsc4c(=O)[nH]3)n2Cc2ccco2)C1. The molecule has 0 aromatic carbocycles. The van der Waals surface area contributed by atoms with Crippen LogP contribution >= 0.6 is 23.1 Å². The molecule has 1 aliphatic rings. The first-order chi connectivity index (χ1) is 15.1. The number of rotatable bonds is 6. The van der Waals surface area contributed by atoms with Gasteiger partial charge in [-0.05, 0) is 41.8 Å². The zero-order chi connectivity index (χ0) is 21.4. The van der Waals surface area contributed by atoms with E-state index in [1.165, 1.54) is 29.5 Å². The molecule has 0 bridgehead atoms. The minimum Gasteiger partial charge on any atom is -0.467 e. The van der Waals surface area contributed by atoms with E-state index in [1.54, 1.807) is 6.26 Å². The van der Waals surface area contributed by atoms with Crippen molar-refractivity contribution in [3.63, 3.8) is 0 Å². The number of furan rings is 1. The van der Waals surface area contributed by atoms with E-state index in [1.807, 2.05) is 23.6 Å². The van der Waals surface area contributed by atoms with E-state index in [2.05, 4.69) is 43.5 Å². The van der Waals surface area contributed by atoms with Gasteiger partial charge in [-0.2, -0.15) is 0 Å². The number of fused-ring (bicyclic) bond motifs is 1. The number of aromatic nitrogens is 5. The first-order valence-electron chi connectivity index (χ1n) is 10.4. The number of thioether (sulfide) groups is 1. The summed E-state index contributed by atoms with van der Waals surface area (Å²) in [6.07, 6.45) is 2.91. The lowest BCUT2D eigenvalue weighted by molar-refractivity contribution is 0.350. The van der Waals surface area contributed by atoms with Gasteiger partial charge in [0.25, 0.3) is 5.56 Å². The number of thiophene rings is 1. The Morgan fingerprint density at radius 2 is 2.10 bits per heavy atom. The third-order valence-corrected chi connectivity index (χ3v) is 7.33. The maximum atomic E-state index is 12.3. The highest BCUT2D eigenvalue weighted by atomic mass is 32.2. The zero-order valence-electron chi connectivity index (χ0n) is 17.4. The van der Waals surface area contributed by atoms with Crippen LogP contribution in [0.1, 0.15) is 31.9 Å². The van der Waals surface area contributed by atoms with Crippen LogP contribution in [-0.4, -0.2) is 37.8 Å². The lowest BCUT2D eigenvalue weighted by Gasteiger charge is -2.35. The van der Waals surface area contributed by atoms with E-state index >= 15 is 0 Å². The van der Waals surface area contributed by atoms with Crippen molar-refractivity contribution in [2.75, 3.05) is 18.0 Å². The maximum absolute atomic E-state index is 12.3. The van der Waals surface area contributed by atoms with E-state index in [0.29, 0.717) is 34.7 Å². The molecule has 0 spiro atoms. The van der Waals surface area contributed by atoms with Gasteiger partial charge in [-0.15, -0.1) is 21.5 Å². The van der Waals surface area contributed by atoms with E-state index in [0.717, 1.165) is 35.5 Å². The molecule has 31 heavy (non-hydrogen) atoms. The highest BCUT2D eigenvalue weighted by molar-refractivity contribution is 7.98. The van der Waals surface area contributed by atoms with E-state index in [4.69, 9.17) is 4.42 Å². The molecular weight excluding hydrogens is 432 g/mol. The molecule has 10 heteroatoms. The van der Waals surface area contributed by atoms with Gasteiger partial charge >= 0.3 is 0 Å². The molecule has 1 fully saturated rings. The van der Waals surface area contributed by atoms with E-state index in [-0.39, 0.29) is 5.56 Å². The van der Waals surface area contributed by atoms with Gasteiger partial charge in [-0.3, -0.25) is 9.36 Å². The minimum absolute atomic E-state index is 0.0929. The summed E-state index contributed by atoms with van der Waals surface area (Å²) >= 11 is 2.93. The summed E-state index contributed by atoms with van der Waals surface area (Å²) in [5.74, 6) is 4.08. The average molecular weight is 457 g/mol. The number of aromatic amines is 1. The second-order valence-corrected chi connectivity index (χ2v) is 10.1. The largest absolute Gasteiger partial charge is 0.467 e. The van der Waals surface area contributed by atoms with Crippen LogP contribution in [0.25, 0.3) is 10.2 Å². The molecule has 5 heterocycles. The summed E-state index contributed by atoms with van der Waals surface area (Å²) < 4.78 is 8.37. The molecule has 0 saturated carbocycles. The number of piperidine rings is 1. The summed E-state index contributed by atoms with van der Waals surface area (Å²) in [4.78, 5) is 22.1. The summed E-state index contributed by atoms with van der Waals surface area (Å²) in [6, 6.07) is 5.73. The molecule has 0 amide bonds. The fourth-order valence-corrected chi connectivity index (χ4v) is 5.80. The van der Waals surface area contributed by atoms with Gasteiger partial charge in [-0.25, -0.2) is 4.98 Å². The molecule has 5 rings (SSSR count). The van der Waals surface area contributed by atoms with Crippen LogP contribution in [-0.2, 0) is 12.3 Å². The number of hydrogen-bond donors (Lipinski definition) is 1. The van der Waals surface area contributed by atoms with Gasteiger partial charge < -0.3 is 14.3 Å². The first kappa shape index (κ1) is 20.3. The fourth-order valence-electron chi connectivity index (χ4n) is 4.27. The zero-order valence-corrected chi connectivity index (χ0v) is 19.1. The molecule has 0 radical (unpaired) electrons. The molecule has 1 saturated heterocycles. The van der Waals surface area contributed by atoms with Gasteiger partial charge in [0.1, 0.15) is 16.3 Å². The van der Waals surface area contributed by atoms with Crippen molar-refractivity contribution in [2.45, 2.75) is 37.7 Å². The summed E-state index contributed by atoms with van der Waals surface area (Å²) in [5.41, 5.74) is 0.642. The monoisotopic (exact) mass is 456 g/mol.